The maximum atomic E-state index is 13.0. The van der Waals surface area contributed by atoms with Gasteiger partial charge in [0.2, 0.25) is 5.91 Å². The first-order chi connectivity index (χ1) is 20.4. The number of amides is 1. The summed E-state index contributed by atoms with van der Waals surface area (Å²) in [6.07, 6.45) is 0.736. The number of piperazine rings is 1. The molecule has 4 aromatic rings. The van der Waals surface area contributed by atoms with Crippen LogP contribution in [0.3, 0.4) is 0 Å². The summed E-state index contributed by atoms with van der Waals surface area (Å²) in [6.45, 7) is 4.54. The summed E-state index contributed by atoms with van der Waals surface area (Å²) in [5.41, 5.74) is 5.31. The molecule has 2 aliphatic rings. The third-order valence-corrected chi connectivity index (χ3v) is 7.90. The number of aliphatic imine (C=N–C) groups is 1. The second-order valence-corrected chi connectivity index (χ2v) is 10.7. The third-order valence-electron chi connectivity index (χ3n) is 7.90. The van der Waals surface area contributed by atoms with Crippen LogP contribution in [0.5, 0.6) is 11.6 Å². The molecule has 0 saturated carbocycles. The molecule has 2 N–H and O–H groups in total. The third kappa shape index (κ3) is 5.58. The van der Waals surface area contributed by atoms with Crippen molar-refractivity contribution in [2.24, 2.45) is 4.99 Å². The monoisotopic (exact) mass is 564 g/mol. The number of aromatic amines is 1. The average Bonchev–Trinajstić information content (AvgIpc) is 3.35. The Balaban J connectivity index is 1.34. The highest BCUT2D eigenvalue weighted by Gasteiger charge is 2.22. The van der Waals surface area contributed by atoms with Gasteiger partial charge in [0.15, 0.2) is 11.6 Å². The molecule has 1 amide bonds. The summed E-state index contributed by atoms with van der Waals surface area (Å²) >= 11 is 0. The van der Waals surface area contributed by atoms with E-state index in [1.165, 1.54) is 0 Å². The number of rotatable bonds is 6. The number of H-pyrrole nitrogens is 1. The Hall–Kier alpha value is -4.69. The first-order valence-corrected chi connectivity index (χ1v) is 13.9. The zero-order valence-corrected chi connectivity index (χ0v) is 23.6. The van der Waals surface area contributed by atoms with Gasteiger partial charge in [-0.1, -0.05) is 18.2 Å². The summed E-state index contributed by atoms with van der Waals surface area (Å²) in [5, 5.41) is 21.1. The molecule has 0 radical (unpaired) electrons. The van der Waals surface area contributed by atoms with E-state index in [1.54, 1.807) is 30.1 Å². The molecule has 0 unspecified atom stereocenters. The molecule has 1 fully saturated rings. The first kappa shape index (κ1) is 27.5. The van der Waals surface area contributed by atoms with Crippen LogP contribution in [-0.2, 0) is 16.1 Å². The number of hydrogen-bond donors (Lipinski definition) is 2. The van der Waals surface area contributed by atoms with E-state index in [1.807, 2.05) is 42.5 Å². The van der Waals surface area contributed by atoms with Crippen LogP contribution in [0, 0.1) is 11.3 Å². The first-order valence-electron chi connectivity index (χ1n) is 13.9. The molecule has 1 aromatic heterocycles. The van der Waals surface area contributed by atoms with Crippen LogP contribution in [0.2, 0.25) is 0 Å². The van der Waals surface area contributed by atoms with E-state index in [-0.39, 0.29) is 11.8 Å². The van der Waals surface area contributed by atoms with Gasteiger partial charge >= 0.3 is 0 Å². The molecule has 0 aliphatic carbocycles. The van der Waals surface area contributed by atoms with E-state index in [4.69, 9.17) is 14.8 Å². The normalized spacial score (nSPS) is 16.1. The number of likely N-dealkylation sites (N-methyl/N-ethyl adjacent to an activating group) is 2. The van der Waals surface area contributed by atoms with Crippen LogP contribution < -0.4 is 9.79 Å². The molecule has 1 saturated heterocycles. The number of carbonyl (C=O) groups excluding carboxylic acids is 1. The minimum absolute atomic E-state index is 0.0354. The van der Waals surface area contributed by atoms with Crippen molar-refractivity contribution in [2.45, 2.75) is 6.42 Å². The van der Waals surface area contributed by atoms with E-state index in [0.29, 0.717) is 46.9 Å². The summed E-state index contributed by atoms with van der Waals surface area (Å²) in [4.78, 5) is 37.7. The number of aromatic hydroxyl groups is 1. The minimum atomic E-state index is -0.0559. The molecule has 214 valence electrons. The average molecular weight is 565 g/mol. The van der Waals surface area contributed by atoms with Gasteiger partial charge in [0.1, 0.15) is 0 Å². The molecule has 10 heteroatoms. The van der Waals surface area contributed by atoms with Crippen molar-refractivity contribution >= 4 is 33.9 Å². The van der Waals surface area contributed by atoms with Crippen LogP contribution in [0.1, 0.15) is 22.3 Å². The lowest BCUT2D eigenvalue weighted by molar-refractivity contribution is -0.215. The molecule has 42 heavy (non-hydrogen) atoms. The molecule has 6 rings (SSSR count). The number of nitrogens with one attached hydrogen (secondary N) is 1. The Morgan fingerprint density at radius 1 is 1.10 bits per heavy atom. The highest BCUT2D eigenvalue weighted by Crippen LogP contribution is 2.34. The molecular weight excluding hydrogens is 532 g/mol. The predicted molar refractivity (Wildman–Crippen MR) is 160 cm³/mol. The number of aromatic nitrogens is 1. The lowest BCUT2D eigenvalue weighted by Crippen LogP contribution is -2.48. The van der Waals surface area contributed by atoms with Crippen LogP contribution in [0.4, 0.5) is 11.4 Å². The van der Waals surface area contributed by atoms with Crippen LogP contribution in [-0.4, -0.2) is 84.9 Å². The number of benzene rings is 3. The zero-order valence-electron chi connectivity index (χ0n) is 23.6. The van der Waals surface area contributed by atoms with Gasteiger partial charge in [-0.25, -0.2) is 4.99 Å². The number of nitrogens with zero attached hydrogens (tertiary/aromatic N) is 5. The van der Waals surface area contributed by atoms with Crippen LogP contribution in [0.25, 0.3) is 10.9 Å². The molecule has 3 aromatic carbocycles. The fourth-order valence-electron chi connectivity index (χ4n) is 5.33. The fourth-order valence-corrected chi connectivity index (χ4v) is 5.33. The number of nitriles is 1. The molecule has 0 spiro atoms. The van der Waals surface area contributed by atoms with Crippen molar-refractivity contribution in [3.63, 3.8) is 0 Å². The van der Waals surface area contributed by atoms with Crippen molar-refractivity contribution in [1.82, 2.24) is 14.8 Å². The Morgan fingerprint density at radius 2 is 1.88 bits per heavy atom. The maximum Gasteiger partial charge on any atom is 0.240 e. The van der Waals surface area contributed by atoms with Crippen molar-refractivity contribution in [3.8, 4) is 17.7 Å². The van der Waals surface area contributed by atoms with Gasteiger partial charge in [0.05, 0.1) is 47.3 Å². The number of anilines is 1. The van der Waals surface area contributed by atoms with Crippen molar-refractivity contribution in [2.75, 3.05) is 58.3 Å². The van der Waals surface area contributed by atoms with Crippen LogP contribution >= 0.6 is 0 Å². The second kappa shape index (κ2) is 11.7. The fraction of sp³-hybridized carbons (Fsp3) is 0.281. The predicted octanol–water partition coefficient (Wildman–Crippen LogP) is 3.99. The van der Waals surface area contributed by atoms with Gasteiger partial charge in [0.25, 0.3) is 0 Å². The molecule has 10 nitrogen and oxygen atoms in total. The zero-order chi connectivity index (χ0) is 29.2. The van der Waals surface area contributed by atoms with E-state index in [9.17, 15) is 15.2 Å². The van der Waals surface area contributed by atoms with E-state index < -0.39 is 0 Å². The number of fused-ring (bicyclic) bond motifs is 2. The van der Waals surface area contributed by atoms with Crippen molar-refractivity contribution in [3.05, 3.63) is 82.9 Å². The van der Waals surface area contributed by atoms with E-state index in [2.05, 4.69) is 27.9 Å². The summed E-state index contributed by atoms with van der Waals surface area (Å²) in [7, 11) is 3.88. The lowest BCUT2D eigenvalue weighted by Gasteiger charge is -2.32. The quantitative estimate of drug-likeness (QED) is 0.269. The Morgan fingerprint density at radius 3 is 2.64 bits per heavy atom. The molecule has 2 aliphatic heterocycles. The number of carbonyl (C=O) groups is 1. The summed E-state index contributed by atoms with van der Waals surface area (Å²) in [6, 6.07) is 20.6. The van der Waals surface area contributed by atoms with Crippen molar-refractivity contribution in [1.29, 1.82) is 5.26 Å². The summed E-state index contributed by atoms with van der Waals surface area (Å²) in [5.74, 6) is 0.584. The topological polar surface area (TPSA) is 117 Å². The molecular formula is C32H32N6O4. The highest BCUT2D eigenvalue weighted by molar-refractivity contribution is 6.22. The lowest BCUT2D eigenvalue weighted by atomic mass is 9.98. The Kier molecular flexibility index (Phi) is 7.63. The summed E-state index contributed by atoms with van der Waals surface area (Å²) < 4.78 is 0. The molecule has 3 heterocycles. The van der Waals surface area contributed by atoms with Gasteiger partial charge in [0, 0.05) is 61.8 Å². The van der Waals surface area contributed by atoms with Gasteiger partial charge in [-0.2, -0.15) is 10.1 Å². The minimum Gasteiger partial charge on any atom is -0.494 e. The SMILES string of the molecule is CN1CCN(CC(=O)N(C)c2ccc(N=C(c3ccc4c(c3)OOCC4)c3c(O)[nH]c4cc(C#N)ccc34)cc2)CC1. The maximum absolute atomic E-state index is 13.0. The Bertz CT molecular complexity index is 1700. The van der Waals surface area contributed by atoms with E-state index >= 15 is 0 Å². The largest absolute Gasteiger partial charge is 0.494 e. The second-order valence-electron chi connectivity index (χ2n) is 10.7. The van der Waals surface area contributed by atoms with Gasteiger partial charge in [-0.3, -0.25) is 9.69 Å². The number of hydrogen-bond acceptors (Lipinski definition) is 8. The van der Waals surface area contributed by atoms with Crippen LogP contribution in [0.15, 0.2) is 65.7 Å². The van der Waals surface area contributed by atoms with Gasteiger partial charge in [-0.15, -0.1) is 0 Å². The molecule has 0 bridgehead atoms. The molecule has 0 atom stereocenters. The van der Waals surface area contributed by atoms with E-state index in [0.717, 1.165) is 54.8 Å². The Labute approximate surface area is 243 Å². The standard InChI is InChI=1S/C32H32N6O4/c1-36-12-14-38(15-13-36)20-29(39)37(2)25-8-6-24(7-9-25)34-31(23-5-4-22-11-16-41-42-28(22)18-23)30-26-10-3-21(19-33)17-27(26)35-32(30)40/h3-10,17-18,35,40H,11-16,20H2,1-2H3. The van der Waals surface area contributed by atoms with Gasteiger partial charge < -0.3 is 24.8 Å². The smallest absolute Gasteiger partial charge is 0.240 e. The highest BCUT2D eigenvalue weighted by atomic mass is 17.2. The van der Waals surface area contributed by atoms with Crippen molar-refractivity contribution < 1.29 is 19.7 Å². The van der Waals surface area contributed by atoms with Gasteiger partial charge in [-0.05, 0) is 49.5 Å².